The highest BCUT2D eigenvalue weighted by Gasteiger charge is 2.06. The minimum Gasteiger partial charge on any atom is -0.469 e. The molecule has 0 saturated carbocycles. The maximum absolute atomic E-state index is 11.1. The first-order chi connectivity index (χ1) is 8.15. The summed E-state index contributed by atoms with van der Waals surface area (Å²) in [6.45, 7) is 3.64. The van der Waals surface area contributed by atoms with E-state index in [-0.39, 0.29) is 12.1 Å². The molecule has 5 heteroatoms. The molecule has 1 N–H and O–H groups in total. The highest BCUT2D eigenvalue weighted by molar-refractivity contribution is 7.12. The molecule has 0 aliphatic rings. The van der Waals surface area contributed by atoms with Gasteiger partial charge in [-0.1, -0.05) is 0 Å². The van der Waals surface area contributed by atoms with Crippen molar-refractivity contribution in [2.45, 2.75) is 26.0 Å². The molecule has 1 unspecified atom stereocenters. The Morgan fingerprint density at radius 3 is 2.76 bits per heavy atom. The molecule has 0 amide bonds. The van der Waals surface area contributed by atoms with Gasteiger partial charge in [-0.3, -0.25) is 4.79 Å². The first kappa shape index (κ1) is 14.2. The molecule has 0 fully saturated rings. The number of carbonyl (C=O) groups excluding carboxylic acids is 1. The first-order valence-corrected chi connectivity index (χ1v) is 6.35. The summed E-state index contributed by atoms with van der Waals surface area (Å²) >= 11 is 1.63. The monoisotopic (exact) mass is 257 g/mol. The molecule has 1 atom stereocenters. The van der Waals surface area contributed by atoms with Crippen LogP contribution >= 0.6 is 11.3 Å². The van der Waals surface area contributed by atoms with Crippen LogP contribution in [0.4, 0.5) is 0 Å². The van der Waals surface area contributed by atoms with Crippen molar-refractivity contribution in [2.24, 2.45) is 0 Å². The number of esters is 1. The lowest BCUT2D eigenvalue weighted by Crippen LogP contribution is -2.25. The van der Waals surface area contributed by atoms with Gasteiger partial charge in [0.1, 0.15) is 0 Å². The van der Waals surface area contributed by atoms with Crippen LogP contribution < -0.4 is 5.32 Å². The lowest BCUT2D eigenvalue weighted by Gasteiger charge is -2.09. The summed E-state index contributed by atoms with van der Waals surface area (Å²) in [7, 11) is 3.11. The molecule has 1 aromatic rings. The molecule has 4 nitrogen and oxygen atoms in total. The van der Waals surface area contributed by atoms with Crippen molar-refractivity contribution in [1.82, 2.24) is 5.32 Å². The van der Waals surface area contributed by atoms with Gasteiger partial charge in [0.2, 0.25) is 0 Å². The van der Waals surface area contributed by atoms with Gasteiger partial charge in [0.25, 0.3) is 0 Å². The predicted octanol–water partition coefficient (Wildman–Crippen LogP) is 1.59. The van der Waals surface area contributed by atoms with Crippen molar-refractivity contribution >= 4 is 17.3 Å². The summed E-state index contributed by atoms with van der Waals surface area (Å²) < 4.78 is 9.77. The van der Waals surface area contributed by atoms with Crippen LogP contribution in [0.1, 0.15) is 16.7 Å². The average Bonchev–Trinajstić information content (AvgIpc) is 2.76. The fourth-order valence-electron chi connectivity index (χ4n) is 1.31. The van der Waals surface area contributed by atoms with Crippen LogP contribution in [0.5, 0.6) is 0 Å². The lowest BCUT2D eigenvalue weighted by molar-refractivity contribution is -0.139. The van der Waals surface area contributed by atoms with E-state index in [2.05, 4.69) is 10.1 Å². The minimum absolute atomic E-state index is 0.195. The Balaban J connectivity index is 2.33. The number of carbonyl (C=O) groups is 1. The molecule has 0 spiro atoms. The van der Waals surface area contributed by atoms with Gasteiger partial charge in [-0.05, 0) is 19.1 Å². The summed E-state index contributed by atoms with van der Waals surface area (Å²) in [5, 5.41) is 3.30. The zero-order valence-electron chi connectivity index (χ0n) is 10.5. The number of rotatable bonds is 7. The Morgan fingerprint density at radius 2 is 2.12 bits per heavy atom. The summed E-state index contributed by atoms with van der Waals surface area (Å²) in [4.78, 5) is 13.3. The van der Waals surface area contributed by atoms with Gasteiger partial charge in [-0.15, -0.1) is 11.3 Å². The average molecular weight is 257 g/mol. The van der Waals surface area contributed by atoms with Gasteiger partial charge in [0.05, 0.1) is 19.6 Å². The molecular weight excluding hydrogens is 238 g/mol. The zero-order chi connectivity index (χ0) is 12.7. The number of nitrogens with one attached hydrogen (secondary N) is 1. The summed E-state index contributed by atoms with van der Waals surface area (Å²) in [6.07, 6.45) is 0.569. The van der Waals surface area contributed by atoms with Gasteiger partial charge < -0.3 is 14.8 Å². The zero-order valence-corrected chi connectivity index (χ0v) is 11.3. The summed E-state index contributed by atoms with van der Waals surface area (Å²) in [5.74, 6) is -0.195. The van der Waals surface area contributed by atoms with Crippen molar-refractivity contribution in [3.05, 3.63) is 21.9 Å². The van der Waals surface area contributed by atoms with Gasteiger partial charge in [0, 0.05) is 30.0 Å². The topological polar surface area (TPSA) is 47.6 Å². The van der Waals surface area contributed by atoms with Gasteiger partial charge in [-0.2, -0.15) is 0 Å². The third-order valence-corrected chi connectivity index (χ3v) is 3.48. The molecule has 1 heterocycles. The maximum atomic E-state index is 11.1. The Bertz CT molecular complexity index is 351. The summed E-state index contributed by atoms with van der Waals surface area (Å²) in [6, 6.07) is 4.01. The Morgan fingerprint density at radius 1 is 1.41 bits per heavy atom. The van der Waals surface area contributed by atoms with E-state index in [4.69, 9.17) is 4.74 Å². The largest absolute Gasteiger partial charge is 0.469 e. The van der Waals surface area contributed by atoms with E-state index in [9.17, 15) is 4.79 Å². The van der Waals surface area contributed by atoms with E-state index in [0.717, 1.165) is 18.0 Å². The third kappa shape index (κ3) is 5.30. The van der Waals surface area contributed by atoms with E-state index in [1.165, 1.54) is 12.0 Å². The lowest BCUT2D eigenvalue weighted by atomic mass is 10.3. The normalized spacial score (nSPS) is 12.4. The van der Waals surface area contributed by atoms with Crippen LogP contribution in [-0.2, 0) is 27.2 Å². The second-order valence-corrected chi connectivity index (χ2v) is 5.05. The van der Waals surface area contributed by atoms with Gasteiger partial charge in [0.15, 0.2) is 0 Å². The Hall–Kier alpha value is -0.910. The molecule has 96 valence electrons. The van der Waals surface area contributed by atoms with Gasteiger partial charge in [-0.25, -0.2) is 0 Å². The molecular formula is C12H19NO3S. The number of hydrogen-bond acceptors (Lipinski definition) is 5. The maximum Gasteiger partial charge on any atom is 0.310 e. The van der Waals surface area contributed by atoms with E-state index >= 15 is 0 Å². The van der Waals surface area contributed by atoms with Crippen molar-refractivity contribution in [3.8, 4) is 0 Å². The van der Waals surface area contributed by atoms with Crippen LogP contribution in [0.15, 0.2) is 12.1 Å². The fourth-order valence-corrected chi connectivity index (χ4v) is 2.28. The first-order valence-electron chi connectivity index (χ1n) is 5.53. The SMILES string of the molecule is COC(=O)Cc1ccc(CNCC(C)OC)s1. The molecule has 0 aliphatic heterocycles. The smallest absolute Gasteiger partial charge is 0.310 e. The quantitative estimate of drug-likeness (QED) is 0.754. The standard InChI is InChI=1S/C12H19NO3S/c1-9(15-2)7-13-8-11-5-4-10(17-11)6-12(14)16-3/h4-5,9,13H,6-8H2,1-3H3. The van der Waals surface area contributed by atoms with Crippen molar-refractivity contribution in [3.63, 3.8) is 0 Å². The van der Waals surface area contributed by atoms with Crippen LogP contribution in [0.25, 0.3) is 0 Å². The Kier molecular flexibility index (Phi) is 6.18. The second kappa shape index (κ2) is 7.42. The fraction of sp³-hybridized carbons (Fsp3) is 0.583. The number of hydrogen-bond donors (Lipinski definition) is 1. The van der Waals surface area contributed by atoms with E-state index in [1.54, 1.807) is 18.4 Å². The molecule has 0 aromatic carbocycles. The molecule has 0 radical (unpaired) electrons. The third-order valence-electron chi connectivity index (χ3n) is 2.40. The van der Waals surface area contributed by atoms with Gasteiger partial charge >= 0.3 is 5.97 Å². The molecule has 17 heavy (non-hydrogen) atoms. The van der Waals surface area contributed by atoms with Crippen molar-refractivity contribution < 1.29 is 14.3 Å². The second-order valence-electron chi connectivity index (χ2n) is 3.80. The molecule has 1 aromatic heterocycles. The highest BCUT2D eigenvalue weighted by Crippen LogP contribution is 2.17. The highest BCUT2D eigenvalue weighted by atomic mass is 32.1. The van der Waals surface area contributed by atoms with Crippen molar-refractivity contribution in [1.29, 1.82) is 0 Å². The van der Waals surface area contributed by atoms with Crippen LogP contribution in [0.3, 0.4) is 0 Å². The molecule has 0 bridgehead atoms. The Labute approximate surface area is 106 Å². The molecule has 0 saturated heterocycles. The van der Waals surface area contributed by atoms with E-state index in [1.807, 2.05) is 19.1 Å². The molecule has 0 aliphatic carbocycles. The number of ether oxygens (including phenoxy) is 2. The number of methoxy groups -OCH3 is 2. The van der Waals surface area contributed by atoms with Crippen LogP contribution in [-0.4, -0.2) is 32.8 Å². The predicted molar refractivity (Wildman–Crippen MR) is 68.2 cm³/mol. The van der Waals surface area contributed by atoms with Crippen LogP contribution in [0.2, 0.25) is 0 Å². The van der Waals surface area contributed by atoms with Crippen molar-refractivity contribution in [2.75, 3.05) is 20.8 Å². The van der Waals surface area contributed by atoms with E-state index in [0.29, 0.717) is 6.42 Å². The minimum atomic E-state index is -0.195. The molecule has 1 rings (SSSR count). The van der Waals surface area contributed by atoms with Crippen LogP contribution in [0, 0.1) is 0 Å². The summed E-state index contributed by atoms with van der Waals surface area (Å²) in [5.41, 5.74) is 0. The van der Waals surface area contributed by atoms with E-state index < -0.39 is 0 Å². The number of thiophene rings is 1.